The van der Waals surface area contributed by atoms with Gasteiger partial charge in [0.25, 0.3) is 0 Å². The molecule has 1 aromatic carbocycles. The molecule has 1 aliphatic rings. The van der Waals surface area contributed by atoms with Gasteiger partial charge in [0.15, 0.2) is 5.78 Å². The fraction of sp³-hybridized carbons (Fsp3) is 0.412. The van der Waals surface area contributed by atoms with Gasteiger partial charge in [-0.25, -0.2) is 4.98 Å². The first-order valence-corrected chi connectivity index (χ1v) is 7.44. The second-order valence-electron chi connectivity index (χ2n) is 5.55. The number of benzene rings is 1. The number of carbonyl (C=O) groups is 1. The van der Waals surface area contributed by atoms with Crippen LogP contribution >= 0.6 is 0 Å². The second-order valence-corrected chi connectivity index (χ2v) is 5.55. The van der Waals surface area contributed by atoms with Gasteiger partial charge in [0.05, 0.1) is 6.54 Å². The molecule has 1 saturated carbocycles. The van der Waals surface area contributed by atoms with Gasteiger partial charge in [-0.15, -0.1) is 0 Å². The van der Waals surface area contributed by atoms with Crippen LogP contribution in [0, 0.1) is 5.92 Å². The van der Waals surface area contributed by atoms with E-state index >= 15 is 0 Å². The fourth-order valence-electron chi connectivity index (χ4n) is 3.01. The summed E-state index contributed by atoms with van der Waals surface area (Å²) < 4.78 is 1.98. The Morgan fingerprint density at radius 1 is 1.15 bits per heavy atom. The molecular formula is C17H20N2O. The van der Waals surface area contributed by atoms with Gasteiger partial charge >= 0.3 is 0 Å². The van der Waals surface area contributed by atoms with E-state index in [4.69, 9.17) is 0 Å². The Hall–Kier alpha value is -1.90. The molecule has 3 heteroatoms. The van der Waals surface area contributed by atoms with Crippen LogP contribution in [0.25, 0.3) is 11.4 Å². The maximum atomic E-state index is 12.4. The molecule has 3 nitrogen and oxygen atoms in total. The zero-order valence-corrected chi connectivity index (χ0v) is 11.7. The zero-order valence-electron chi connectivity index (χ0n) is 11.7. The largest absolute Gasteiger partial charge is 0.324 e. The number of Topliss-reactive ketones (excluding diaryl/α,β-unsaturated/α-hetero) is 1. The van der Waals surface area contributed by atoms with E-state index in [0.29, 0.717) is 12.3 Å². The molecule has 0 atom stereocenters. The average Bonchev–Trinajstić information content (AvgIpc) is 2.97. The van der Waals surface area contributed by atoms with Gasteiger partial charge in [-0.1, -0.05) is 49.6 Å². The van der Waals surface area contributed by atoms with Crippen molar-refractivity contribution in [3.05, 3.63) is 42.7 Å². The highest BCUT2D eigenvalue weighted by molar-refractivity contribution is 5.81. The van der Waals surface area contributed by atoms with Crippen molar-refractivity contribution < 1.29 is 4.79 Å². The van der Waals surface area contributed by atoms with Crippen LogP contribution in [-0.4, -0.2) is 15.3 Å². The van der Waals surface area contributed by atoms with Crippen LogP contribution in [0.5, 0.6) is 0 Å². The Kier molecular flexibility index (Phi) is 3.95. The Bertz CT molecular complexity index is 568. The predicted molar refractivity (Wildman–Crippen MR) is 79.2 cm³/mol. The number of imidazole rings is 1. The van der Waals surface area contributed by atoms with Crippen molar-refractivity contribution in [2.24, 2.45) is 5.92 Å². The highest BCUT2D eigenvalue weighted by atomic mass is 16.1. The summed E-state index contributed by atoms with van der Waals surface area (Å²) in [5.41, 5.74) is 1.06. The zero-order chi connectivity index (χ0) is 13.8. The van der Waals surface area contributed by atoms with Crippen LogP contribution < -0.4 is 0 Å². The van der Waals surface area contributed by atoms with Gasteiger partial charge in [0.2, 0.25) is 0 Å². The van der Waals surface area contributed by atoms with Crippen molar-refractivity contribution >= 4 is 5.78 Å². The van der Waals surface area contributed by atoms with Gasteiger partial charge in [-0.3, -0.25) is 4.79 Å². The molecule has 3 rings (SSSR count). The van der Waals surface area contributed by atoms with E-state index in [1.165, 1.54) is 19.3 Å². The van der Waals surface area contributed by atoms with Crippen molar-refractivity contribution in [3.63, 3.8) is 0 Å². The van der Waals surface area contributed by atoms with Crippen molar-refractivity contribution in [1.29, 1.82) is 0 Å². The average molecular weight is 268 g/mol. The van der Waals surface area contributed by atoms with Crippen molar-refractivity contribution in [3.8, 4) is 11.4 Å². The minimum absolute atomic E-state index is 0.259. The summed E-state index contributed by atoms with van der Waals surface area (Å²) in [4.78, 5) is 16.8. The van der Waals surface area contributed by atoms with Crippen LogP contribution in [0.2, 0.25) is 0 Å². The molecule has 0 saturated heterocycles. The molecule has 0 bridgehead atoms. The quantitative estimate of drug-likeness (QED) is 0.847. The third-order valence-electron chi connectivity index (χ3n) is 4.13. The predicted octanol–water partition coefficient (Wildman–Crippen LogP) is 3.70. The smallest absolute Gasteiger partial charge is 0.155 e. The summed E-state index contributed by atoms with van der Waals surface area (Å²) in [6.45, 7) is 0.453. The van der Waals surface area contributed by atoms with Gasteiger partial charge in [0, 0.05) is 23.9 Å². The lowest BCUT2D eigenvalue weighted by Crippen LogP contribution is -2.22. The SMILES string of the molecule is O=C(Cn1ccnc1-c1ccccc1)C1CCCCC1. The summed E-state index contributed by atoms with van der Waals surface area (Å²) in [6, 6.07) is 10.0. The lowest BCUT2D eigenvalue weighted by Gasteiger charge is -2.20. The number of aromatic nitrogens is 2. The molecule has 1 heterocycles. The molecule has 1 aromatic heterocycles. The van der Waals surface area contributed by atoms with Crippen molar-refractivity contribution in [1.82, 2.24) is 9.55 Å². The van der Waals surface area contributed by atoms with Crippen LogP contribution in [-0.2, 0) is 11.3 Å². The molecule has 2 aromatic rings. The van der Waals surface area contributed by atoms with Gasteiger partial charge in [0.1, 0.15) is 5.82 Å². The Morgan fingerprint density at radius 3 is 2.65 bits per heavy atom. The first kappa shape index (κ1) is 13.1. The summed E-state index contributed by atoms with van der Waals surface area (Å²) in [5, 5.41) is 0. The van der Waals surface area contributed by atoms with Gasteiger partial charge < -0.3 is 4.57 Å². The molecule has 0 N–H and O–H groups in total. The Balaban J connectivity index is 1.75. The molecule has 0 amide bonds. The second kappa shape index (κ2) is 6.04. The number of carbonyl (C=O) groups excluding carboxylic acids is 1. The third kappa shape index (κ3) is 2.82. The molecule has 20 heavy (non-hydrogen) atoms. The number of ketones is 1. The van der Waals surface area contributed by atoms with E-state index in [-0.39, 0.29) is 5.92 Å². The number of rotatable bonds is 4. The Morgan fingerprint density at radius 2 is 1.90 bits per heavy atom. The Labute approximate surface area is 119 Å². The van der Waals surface area contributed by atoms with E-state index in [2.05, 4.69) is 4.98 Å². The summed E-state index contributed by atoms with van der Waals surface area (Å²) in [5.74, 6) is 1.50. The van der Waals surface area contributed by atoms with Crippen molar-refractivity contribution in [2.45, 2.75) is 38.6 Å². The molecule has 1 fully saturated rings. The number of hydrogen-bond donors (Lipinski definition) is 0. The standard InChI is InChI=1S/C17H20N2O/c20-16(14-7-3-1-4-8-14)13-19-12-11-18-17(19)15-9-5-2-6-10-15/h2,5-6,9-12,14H,1,3-4,7-8,13H2. The summed E-state index contributed by atoms with van der Waals surface area (Å²) in [6.07, 6.45) is 9.49. The molecule has 1 aliphatic carbocycles. The van der Waals surface area contributed by atoms with E-state index < -0.39 is 0 Å². The minimum atomic E-state index is 0.259. The number of hydrogen-bond acceptors (Lipinski definition) is 2. The molecule has 104 valence electrons. The summed E-state index contributed by atoms with van der Waals surface area (Å²) in [7, 11) is 0. The fourth-order valence-corrected chi connectivity index (χ4v) is 3.01. The monoisotopic (exact) mass is 268 g/mol. The molecule has 0 radical (unpaired) electrons. The maximum absolute atomic E-state index is 12.4. The highest BCUT2D eigenvalue weighted by Crippen LogP contribution is 2.25. The van der Waals surface area contributed by atoms with E-state index in [9.17, 15) is 4.79 Å². The maximum Gasteiger partial charge on any atom is 0.155 e. The van der Waals surface area contributed by atoms with E-state index in [1.54, 1.807) is 6.20 Å². The van der Waals surface area contributed by atoms with E-state index in [1.807, 2.05) is 41.1 Å². The molecule has 0 unspecified atom stereocenters. The van der Waals surface area contributed by atoms with Crippen molar-refractivity contribution in [2.75, 3.05) is 0 Å². The van der Waals surface area contributed by atoms with Gasteiger partial charge in [-0.05, 0) is 12.8 Å². The highest BCUT2D eigenvalue weighted by Gasteiger charge is 2.21. The van der Waals surface area contributed by atoms with Crippen LogP contribution in [0.3, 0.4) is 0 Å². The third-order valence-corrected chi connectivity index (χ3v) is 4.13. The topological polar surface area (TPSA) is 34.9 Å². The first-order chi connectivity index (χ1) is 9.84. The lowest BCUT2D eigenvalue weighted by molar-refractivity contribution is -0.124. The van der Waals surface area contributed by atoms with Crippen LogP contribution in [0.1, 0.15) is 32.1 Å². The number of nitrogens with zero attached hydrogens (tertiary/aromatic N) is 2. The summed E-state index contributed by atoms with van der Waals surface area (Å²) >= 11 is 0. The normalized spacial score (nSPS) is 16.2. The minimum Gasteiger partial charge on any atom is -0.324 e. The lowest BCUT2D eigenvalue weighted by atomic mass is 9.86. The first-order valence-electron chi connectivity index (χ1n) is 7.44. The van der Waals surface area contributed by atoms with E-state index in [0.717, 1.165) is 24.2 Å². The van der Waals surface area contributed by atoms with Crippen LogP contribution in [0.4, 0.5) is 0 Å². The molecule has 0 aliphatic heterocycles. The molecule has 0 spiro atoms. The van der Waals surface area contributed by atoms with Gasteiger partial charge in [-0.2, -0.15) is 0 Å². The molecular weight excluding hydrogens is 248 g/mol. The van der Waals surface area contributed by atoms with Crippen LogP contribution in [0.15, 0.2) is 42.7 Å².